The van der Waals surface area contributed by atoms with E-state index in [1.807, 2.05) is 19.1 Å². The minimum Gasteiger partial charge on any atom is -0.329 e. The van der Waals surface area contributed by atoms with Gasteiger partial charge >= 0.3 is 0 Å². The van der Waals surface area contributed by atoms with Crippen molar-refractivity contribution in [1.29, 1.82) is 0 Å². The fourth-order valence-electron chi connectivity index (χ4n) is 2.80. The first-order valence-electron chi connectivity index (χ1n) is 6.86. The van der Waals surface area contributed by atoms with Gasteiger partial charge in [0.1, 0.15) is 0 Å². The van der Waals surface area contributed by atoms with E-state index in [4.69, 9.17) is 5.73 Å². The fourth-order valence-corrected chi connectivity index (χ4v) is 5.73. The Hall–Kier alpha value is -0.140. The zero-order valence-electron chi connectivity index (χ0n) is 12.3. The molecule has 1 fully saturated rings. The second-order valence-electron chi connectivity index (χ2n) is 5.47. The predicted molar refractivity (Wildman–Crippen MR) is 91.3 cm³/mol. The van der Waals surface area contributed by atoms with Gasteiger partial charge in [-0.1, -0.05) is 13.0 Å². The highest BCUT2D eigenvalue weighted by atomic mass is 79.9. The topological polar surface area (TPSA) is 63.4 Å². The van der Waals surface area contributed by atoms with Crippen molar-refractivity contribution in [1.82, 2.24) is 4.31 Å². The summed E-state index contributed by atoms with van der Waals surface area (Å²) in [4.78, 5) is 0.329. The summed E-state index contributed by atoms with van der Waals surface area (Å²) in [5, 5.41) is 0. The van der Waals surface area contributed by atoms with Gasteiger partial charge in [0.05, 0.1) is 4.90 Å². The molecule has 1 aliphatic heterocycles. The fraction of sp³-hybridized carbons (Fsp3) is 0.571. The molecule has 0 amide bonds. The summed E-state index contributed by atoms with van der Waals surface area (Å²) >= 11 is 3.37. The molecule has 0 saturated carbocycles. The number of benzene rings is 1. The molecule has 0 aliphatic carbocycles. The van der Waals surface area contributed by atoms with Crippen LogP contribution in [-0.2, 0) is 10.0 Å². The average Bonchev–Trinajstić information content (AvgIpc) is 2.37. The minimum atomic E-state index is -3.50. The molecule has 1 saturated heterocycles. The number of halogens is 2. The summed E-state index contributed by atoms with van der Waals surface area (Å²) in [5.41, 5.74) is 6.83. The molecular formula is C14H22BrClN2O2S. The van der Waals surface area contributed by atoms with Gasteiger partial charge in [-0.25, -0.2) is 8.42 Å². The van der Waals surface area contributed by atoms with Crippen LogP contribution in [0, 0.1) is 12.8 Å². The lowest BCUT2D eigenvalue weighted by Crippen LogP contribution is -2.51. The van der Waals surface area contributed by atoms with E-state index in [2.05, 4.69) is 22.9 Å². The van der Waals surface area contributed by atoms with E-state index in [9.17, 15) is 8.42 Å². The van der Waals surface area contributed by atoms with Crippen molar-refractivity contribution in [2.24, 2.45) is 11.7 Å². The predicted octanol–water partition coefficient (Wildman–Crippen LogP) is 2.93. The van der Waals surface area contributed by atoms with Crippen LogP contribution in [0.15, 0.2) is 27.6 Å². The van der Waals surface area contributed by atoms with E-state index in [0.29, 0.717) is 28.4 Å². The maximum Gasteiger partial charge on any atom is 0.244 e. The van der Waals surface area contributed by atoms with Crippen LogP contribution in [-0.4, -0.2) is 31.9 Å². The maximum absolute atomic E-state index is 12.9. The van der Waals surface area contributed by atoms with Gasteiger partial charge in [0, 0.05) is 23.6 Å². The van der Waals surface area contributed by atoms with Crippen molar-refractivity contribution < 1.29 is 8.42 Å². The Balaban J connectivity index is 0.00000220. The zero-order chi connectivity index (χ0) is 14.9. The monoisotopic (exact) mass is 396 g/mol. The lowest BCUT2D eigenvalue weighted by atomic mass is 9.93. The molecule has 2 atom stereocenters. The highest BCUT2D eigenvalue weighted by molar-refractivity contribution is 9.10. The van der Waals surface area contributed by atoms with Crippen LogP contribution in [0.4, 0.5) is 0 Å². The number of hydrogen-bond acceptors (Lipinski definition) is 3. The number of sulfonamides is 1. The number of piperidine rings is 1. The highest BCUT2D eigenvalue weighted by Crippen LogP contribution is 2.32. The molecule has 120 valence electrons. The number of aryl methyl sites for hydroxylation is 1. The number of nitrogens with two attached hydrogens (primary N) is 1. The van der Waals surface area contributed by atoms with Gasteiger partial charge < -0.3 is 5.73 Å². The molecule has 2 N–H and O–H groups in total. The quantitative estimate of drug-likeness (QED) is 0.853. The van der Waals surface area contributed by atoms with E-state index in [0.717, 1.165) is 18.4 Å². The number of hydrogen-bond donors (Lipinski definition) is 1. The Kier molecular flexibility index (Phi) is 6.68. The highest BCUT2D eigenvalue weighted by Gasteiger charge is 2.37. The number of rotatable bonds is 3. The maximum atomic E-state index is 12.9. The largest absolute Gasteiger partial charge is 0.329 e. The lowest BCUT2D eigenvalue weighted by molar-refractivity contribution is 0.192. The zero-order valence-corrected chi connectivity index (χ0v) is 15.5. The van der Waals surface area contributed by atoms with Crippen LogP contribution in [0.5, 0.6) is 0 Å². The van der Waals surface area contributed by atoms with E-state index >= 15 is 0 Å². The molecule has 1 aromatic rings. The van der Waals surface area contributed by atoms with Gasteiger partial charge in [0.25, 0.3) is 0 Å². The molecule has 0 aromatic heterocycles. The van der Waals surface area contributed by atoms with Crippen molar-refractivity contribution in [3.8, 4) is 0 Å². The normalized spacial score (nSPS) is 23.6. The Bertz CT molecular complexity index is 595. The molecule has 1 heterocycles. The Morgan fingerprint density at radius 3 is 2.67 bits per heavy atom. The second-order valence-corrected chi connectivity index (χ2v) is 8.19. The van der Waals surface area contributed by atoms with Crippen molar-refractivity contribution in [3.05, 3.63) is 28.2 Å². The van der Waals surface area contributed by atoms with Crippen LogP contribution in [0.1, 0.15) is 25.3 Å². The van der Waals surface area contributed by atoms with Gasteiger partial charge in [-0.2, -0.15) is 4.31 Å². The minimum absolute atomic E-state index is 0. The van der Waals surface area contributed by atoms with Gasteiger partial charge in [-0.15, -0.1) is 12.4 Å². The molecule has 7 heteroatoms. The first kappa shape index (κ1) is 18.9. The molecule has 0 bridgehead atoms. The Labute approximate surface area is 141 Å². The lowest BCUT2D eigenvalue weighted by Gasteiger charge is -2.38. The molecular weight excluding hydrogens is 376 g/mol. The van der Waals surface area contributed by atoms with Crippen LogP contribution < -0.4 is 5.73 Å². The van der Waals surface area contributed by atoms with Crippen molar-refractivity contribution >= 4 is 38.4 Å². The van der Waals surface area contributed by atoms with E-state index in [1.54, 1.807) is 10.4 Å². The number of nitrogens with zero attached hydrogens (tertiary/aromatic N) is 1. The summed E-state index contributed by atoms with van der Waals surface area (Å²) < 4.78 is 27.9. The second kappa shape index (κ2) is 7.42. The van der Waals surface area contributed by atoms with Gasteiger partial charge in [-0.3, -0.25) is 0 Å². The SMILES string of the molecule is Cc1ccc(S(=O)(=O)N2CCCC(C)C2CN)c(Br)c1.Cl. The molecule has 0 spiro atoms. The average molecular weight is 398 g/mol. The summed E-state index contributed by atoms with van der Waals surface area (Å²) in [6.45, 7) is 4.93. The molecule has 1 aromatic carbocycles. The smallest absolute Gasteiger partial charge is 0.244 e. The summed E-state index contributed by atoms with van der Waals surface area (Å²) in [7, 11) is -3.50. The third-order valence-electron chi connectivity index (χ3n) is 3.98. The van der Waals surface area contributed by atoms with Gasteiger partial charge in [-0.05, 0) is 59.3 Å². The summed E-state index contributed by atoms with van der Waals surface area (Å²) in [5.74, 6) is 0.299. The van der Waals surface area contributed by atoms with Crippen LogP contribution in [0.2, 0.25) is 0 Å². The van der Waals surface area contributed by atoms with Crippen molar-refractivity contribution in [2.75, 3.05) is 13.1 Å². The summed E-state index contributed by atoms with van der Waals surface area (Å²) in [6, 6.07) is 5.21. The van der Waals surface area contributed by atoms with Crippen molar-refractivity contribution in [3.63, 3.8) is 0 Å². The third kappa shape index (κ3) is 3.79. The Morgan fingerprint density at radius 1 is 1.43 bits per heavy atom. The molecule has 4 nitrogen and oxygen atoms in total. The van der Waals surface area contributed by atoms with E-state index < -0.39 is 10.0 Å². The van der Waals surface area contributed by atoms with Crippen molar-refractivity contribution in [2.45, 2.75) is 37.6 Å². The first-order chi connectivity index (χ1) is 9.37. The molecule has 1 aliphatic rings. The standard InChI is InChI=1S/C14H21BrN2O2S.ClH/c1-10-5-6-14(12(15)8-10)20(18,19)17-7-3-4-11(2)13(17)9-16;/h5-6,8,11,13H,3-4,7,9,16H2,1-2H3;1H. The third-order valence-corrected chi connectivity index (χ3v) is 6.88. The van der Waals surface area contributed by atoms with Gasteiger partial charge in [0.15, 0.2) is 0 Å². The Morgan fingerprint density at radius 2 is 2.10 bits per heavy atom. The van der Waals surface area contributed by atoms with Gasteiger partial charge in [0.2, 0.25) is 10.0 Å². The molecule has 0 radical (unpaired) electrons. The summed E-state index contributed by atoms with van der Waals surface area (Å²) in [6.07, 6.45) is 1.92. The van der Waals surface area contributed by atoms with Crippen LogP contribution in [0.25, 0.3) is 0 Å². The molecule has 21 heavy (non-hydrogen) atoms. The van der Waals surface area contributed by atoms with Crippen LogP contribution >= 0.6 is 28.3 Å². The van der Waals surface area contributed by atoms with E-state index in [-0.39, 0.29) is 18.4 Å². The first-order valence-corrected chi connectivity index (χ1v) is 9.09. The van der Waals surface area contributed by atoms with Crippen LogP contribution in [0.3, 0.4) is 0 Å². The molecule has 2 unspecified atom stereocenters. The van der Waals surface area contributed by atoms with E-state index in [1.165, 1.54) is 0 Å². The molecule has 2 rings (SSSR count).